The van der Waals surface area contributed by atoms with Gasteiger partial charge < -0.3 is 15.6 Å². The van der Waals surface area contributed by atoms with Gasteiger partial charge in [-0.05, 0) is 31.0 Å². The topological polar surface area (TPSA) is 60.0 Å². The number of hydrogen-bond acceptors (Lipinski definition) is 2. The van der Waals surface area contributed by atoms with Crippen LogP contribution in [0.5, 0.6) is 0 Å². The largest absolute Gasteiger partial charge is 0.352 e. The van der Waals surface area contributed by atoms with Crippen LogP contribution < -0.4 is 11.1 Å². The second-order valence-corrected chi connectivity index (χ2v) is 5.46. The van der Waals surface area contributed by atoms with Crippen LogP contribution in [0.4, 0.5) is 0 Å². The Hall–Kier alpha value is -1.52. The van der Waals surface area contributed by atoms with E-state index in [0.29, 0.717) is 11.6 Å². The Labute approximate surface area is 123 Å². The van der Waals surface area contributed by atoms with E-state index < -0.39 is 0 Å². The van der Waals surface area contributed by atoms with E-state index >= 15 is 0 Å². The van der Waals surface area contributed by atoms with Gasteiger partial charge in [-0.1, -0.05) is 24.6 Å². The maximum absolute atomic E-state index is 12.0. The van der Waals surface area contributed by atoms with E-state index in [2.05, 4.69) is 5.32 Å². The van der Waals surface area contributed by atoms with Crippen molar-refractivity contribution in [3.63, 3.8) is 0 Å². The third kappa shape index (κ3) is 3.14. The highest BCUT2D eigenvalue weighted by Crippen LogP contribution is 2.24. The minimum atomic E-state index is -0.000188. The summed E-state index contributed by atoms with van der Waals surface area (Å²) in [5.74, 6) is -0.000188. The summed E-state index contributed by atoms with van der Waals surface area (Å²) in [4.78, 5) is 12.0. The van der Waals surface area contributed by atoms with Gasteiger partial charge in [0.25, 0.3) is 0 Å². The molecule has 20 heavy (non-hydrogen) atoms. The molecule has 0 bridgehead atoms. The van der Waals surface area contributed by atoms with Crippen molar-refractivity contribution in [1.82, 2.24) is 9.88 Å². The molecular formula is C15H20ClN3O. The molecule has 0 aliphatic carbocycles. The van der Waals surface area contributed by atoms with Crippen molar-refractivity contribution < 1.29 is 4.79 Å². The number of aromatic nitrogens is 1. The average molecular weight is 294 g/mol. The fourth-order valence-electron chi connectivity index (χ4n) is 2.21. The number of nitrogens with two attached hydrogens (primary N) is 1. The van der Waals surface area contributed by atoms with Crippen molar-refractivity contribution in [2.45, 2.75) is 39.4 Å². The predicted molar refractivity (Wildman–Crippen MR) is 82.7 cm³/mol. The Kier molecular flexibility index (Phi) is 4.68. The number of rotatable bonds is 5. The second-order valence-electron chi connectivity index (χ2n) is 5.02. The number of carbonyl (C=O) groups is 1. The van der Waals surface area contributed by atoms with Gasteiger partial charge in [-0.25, -0.2) is 0 Å². The van der Waals surface area contributed by atoms with Crippen LogP contribution >= 0.6 is 11.6 Å². The fraction of sp³-hybridized carbons (Fsp3) is 0.400. The van der Waals surface area contributed by atoms with E-state index in [1.165, 1.54) is 0 Å². The van der Waals surface area contributed by atoms with Crippen molar-refractivity contribution in [1.29, 1.82) is 0 Å². The number of carbonyl (C=O) groups excluding carboxylic acids is 1. The summed E-state index contributed by atoms with van der Waals surface area (Å²) in [5.41, 5.74) is 7.72. The van der Waals surface area contributed by atoms with Crippen LogP contribution in [-0.4, -0.2) is 16.5 Å². The number of hydrogen-bond donors (Lipinski definition) is 2. The summed E-state index contributed by atoms with van der Waals surface area (Å²) >= 11 is 6.04. The van der Waals surface area contributed by atoms with E-state index in [4.69, 9.17) is 17.3 Å². The second kappa shape index (κ2) is 6.29. The predicted octanol–water partition coefficient (Wildman–Crippen LogP) is 2.67. The van der Waals surface area contributed by atoms with Crippen LogP contribution in [0.2, 0.25) is 5.02 Å². The standard InChI is InChI=1S/C15H20ClN3O/c1-3-10(2)18-15(20)9-19-8-11(7-17)13-5-4-12(16)6-14(13)19/h4-6,8,10H,3,7,9,17H2,1-2H3,(H,18,20). The molecule has 1 amide bonds. The van der Waals surface area contributed by atoms with Gasteiger partial charge in [-0.15, -0.1) is 0 Å². The van der Waals surface area contributed by atoms with Crippen LogP contribution in [0.15, 0.2) is 24.4 Å². The maximum Gasteiger partial charge on any atom is 0.240 e. The monoisotopic (exact) mass is 293 g/mol. The lowest BCUT2D eigenvalue weighted by molar-refractivity contribution is -0.122. The van der Waals surface area contributed by atoms with E-state index in [1.807, 2.05) is 42.8 Å². The summed E-state index contributed by atoms with van der Waals surface area (Å²) in [7, 11) is 0. The molecule has 1 aromatic heterocycles. The minimum Gasteiger partial charge on any atom is -0.352 e. The first-order valence-electron chi connectivity index (χ1n) is 6.81. The van der Waals surface area contributed by atoms with Gasteiger partial charge in [-0.3, -0.25) is 4.79 Å². The molecule has 1 heterocycles. The van der Waals surface area contributed by atoms with Crippen LogP contribution in [-0.2, 0) is 17.9 Å². The van der Waals surface area contributed by atoms with Gasteiger partial charge in [0, 0.05) is 29.2 Å². The number of nitrogens with zero attached hydrogens (tertiary/aromatic N) is 1. The van der Waals surface area contributed by atoms with E-state index in [9.17, 15) is 4.79 Å². The van der Waals surface area contributed by atoms with Crippen molar-refractivity contribution in [2.24, 2.45) is 5.73 Å². The first-order valence-corrected chi connectivity index (χ1v) is 7.19. The van der Waals surface area contributed by atoms with Crippen molar-refractivity contribution >= 4 is 28.4 Å². The lowest BCUT2D eigenvalue weighted by Crippen LogP contribution is -2.34. The summed E-state index contributed by atoms with van der Waals surface area (Å²) in [6.07, 6.45) is 2.84. The molecule has 1 unspecified atom stereocenters. The Bertz CT molecular complexity index is 621. The molecule has 108 valence electrons. The molecule has 4 nitrogen and oxygen atoms in total. The highest BCUT2D eigenvalue weighted by Gasteiger charge is 2.12. The van der Waals surface area contributed by atoms with Gasteiger partial charge in [-0.2, -0.15) is 0 Å². The number of amides is 1. The number of benzene rings is 1. The van der Waals surface area contributed by atoms with E-state index in [1.54, 1.807) is 0 Å². The molecule has 3 N–H and O–H groups in total. The van der Waals surface area contributed by atoms with Gasteiger partial charge in [0.1, 0.15) is 6.54 Å². The molecule has 0 saturated carbocycles. The van der Waals surface area contributed by atoms with Crippen LogP contribution in [0, 0.1) is 0 Å². The third-order valence-electron chi connectivity index (χ3n) is 3.48. The Morgan fingerprint density at radius 1 is 1.50 bits per heavy atom. The summed E-state index contributed by atoms with van der Waals surface area (Å²) in [6.45, 7) is 4.76. The summed E-state index contributed by atoms with van der Waals surface area (Å²) in [5, 5.41) is 4.67. The zero-order valence-electron chi connectivity index (χ0n) is 11.8. The zero-order valence-corrected chi connectivity index (χ0v) is 12.6. The van der Waals surface area contributed by atoms with E-state index in [-0.39, 0.29) is 18.5 Å². The normalized spacial score (nSPS) is 12.6. The van der Waals surface area contributed by atoms with Crippen LogP contribution in [0.25, 0.3) is 10.9 Å². The molecule has 1 atom stereocenters. The van der Waals surface area contributed by atoms with Gasteiger partial charge in [0.15, 0.2) is 0 Å². The summed E-state index contributed by atoms with van der Waals surface area (Å²) < 4.78 is 1.90. The van der Waals surface area contributed by atoms with Crippen molar-refractivity contribution in [2.75, 3.05) is 0 Å². The molecule has 0 saturated heterocycles. The lowest BCUT2D eigenvalue weighted by atomic mass is 10.2. The molecule has 0 fully saturated rings. The Morgan fingerprint density at radius 3 is 2.90 bits per heavy atom. The Balaban J connectivity index is 2.29. The molecule has 5 heteroatoms. The third-order valence-corrected chi connectivity index (χ3v) is 3.72. The summed E-state index contributed by atoms with van der Waals surface area (Å²) in [6, 6.07) is 5.84. The molecule has 0 radical (unpaired) electrons. The molecule has 2 rings (SSSR count). The molecule has 0 aliphatic rings. The molecular weight excluding hydrogens is 274 g/mol. The SMILES string of the molecule is CCC(C)NC(=O)Cn1cc(CN)c2ccc(Cl)cc21. The average Bonchev–Trinajstić information content (AvgIpc) is 2.75. The lowest BCUT2D eigenvalue weighted by Gasteiger charge is -2.12. The smallest absolute Gasteiger partial charge is 0.240 e. The van der Waals surface area contributed by atoms with Crippen molar-refractivity contribution in [3.05, 3.63) is 35.0 Å². The van der Waals surface area contributed by atoms with Crippen molar-refractivity contribution in [3.8, 4) is 0 Å². The first kappa shape index (κ1) is 14.9. The fourth-order valence-corrected chi connectivity index (χ4v) is 2.38. The highest BCUT2D eigenvalue weighted by atomic mass is 35.5. The molecule has 0 aliphatic heterocycles. The quantitative estimate of drug-likeness (QED) is 0.890. The van der Waals surface area contributed by atoms with Crippen LogP contribution in [0.3, 0.4) is 0 Å². The minimum absolute atomic E-state index is 0.000188. The Morgan fingerprint density at radius 2 is 2.25 bits per heavy atom. The highest BCUT2D eigenvalue weighted by molar-refractivity contribution is 6.31. The van der Waals surface area contributed by atoms with E-state index in [0.717, 1.165) is 22.9 Å². The number of fused-ring (bicyclic) bond motifs is 1. The molecule has 1 aromatic carbocycles. The van der Waals surface area contributed by atoms with Gasteiger partial charge in [0.2, 0.25) is 5.91 Å². The zero-order chi connectivity index (χ0) is 14.7. The number of halogens is 1. The van der Waals surface area contributed by atoms with Crippen LogP contribution in [0.1, 0.15) is 25.8 Å². The first-order chi connectivity index (χ1) is 9.55. The maximum atomic E-state index is 12.0. The molecule has 2 aromatic rings. The van der Waals surface area contributed by atoms with Gasteiger partial charge >= 0.3 is 0 Å². The number of nitrogens with one attached hydrogen (secondary N) is 1. The molecule has 0 spiro atoms. The van der Waals surface area contributed by atoms with Gasteiger partial charge in [0.05, 0.1) is 5.52 Å².